The van der Waals surface area contributed by atoms with Crippen molar-refractivity contribution < 1.29 is 5.11 Å². The molecule has 1 saturated heterocycles. The molecule has 1 heterocycles. The van der Waals surface area contributed by atoms with Gasteiger partial charge in [0, 0.05) is 25.7 Å². The van der Waals surface area contributed by atoms with E-state index in [-0.39, 0.29) is 6.10 Å². The molecule has 2 atom stereocenters. The van der Waals surface area contributed by atoms with E-state index in [9.17, 15) is 5.11 Å². The van der Waals surface area contributed by atoms with Crippen LogP contribution in [-0.2, 0) is 0 Å². The molecule has 3 N–H and O–H groups in total. The van der Waals surface area contributed by atoms with Crippen LogP contribution in [0.5, 0.6) is 0 Å². The molecule has 0 aromatic carbocycles. The first-order chi connectivity index (χ1) is 6.63. The number of hydrogen-bond donors (Lipinski definition) is 2. The van der Waals surface area contributed by atoms with Gasteiger partial charge in [-0.25, -0.2) is 0 Å². The van der Waals surface area contributed by atoms with Gasteiger partial charge in [0.25, 0.3) is 0 Å². The minimum absolute atomic E-state index is 0.363. The predicted octanol–water partition coefficient (Wildman–Crippen LogP) is -0.668. The van der Waals surface area contributed by atoms with Gasteiger partial charge in [0.15, 0.2) is 0 Å². The van der Waals surface area contributed by atoms with Gasteiger partial charge in [-0.3, -0.25) is 4.90 Å². The topological polar surface area (TPSA) is 52.7 Å². The summed E-state index contributed by atoms with van der Waals surface area (Å²) in [5.41, 5.74) is 5.41. The summed E-state index contributed by atoms with van der Waals surface area (Å²) in [4.78, 5) is 4.56. The van der Waals surface area contributed by atoms with Crippen LogP contribution in [0.2, 0.25) is 0 Å². The van der Waals surface area contributed by atoms with Crippen LogP contribution in [0.25, 0.3) is 0 Å². The fourth-order valence-electron chi connectivity index (χ4n) is 2.11. The third-order valence-electron chi connectivity index (χ3n) is 2.79. The minimum atomic E-state index is -0.363. The summed E-state index contributed by atoms with van der Waals surface area (Å²) in [6.45, 7) is 3.28. The molecule has 1 fully saturated rings. The van der Waals surface area contributed by atoms with Crippen molar-refractivity contribution in [2.24, 2.45) is 5.73 Å². The Morgan fingerprint density at radius 3 is 2.86 bits per heavy atom. The number of aliphatic hydroxyl groups excluding tert-OH is 1. The van der Waals surface area contributed by atoms with Crippen LogP contribution in [0.3, 0.4) is 0 Å². The van der Waals surface area contributed by atoms with Crippen molar-refractivity contribution in [2.75, 3.05) is 40.3 Å². The van der Waals surface area contributed by atoms with E-state index in [2.05, 4.69) is 23.9 Å². The fraction of sp³-hybridized carbons (Fsp3) is 1.00. The van der Waals surface area contributed by atoms with Crippen LogP contribution in [-0.4, -0.2) is 67.3 Å². The first-order valence-electron chi connectivity index (χ1n) is 5.40. The molecule has 0 aliphatic carbocycles. The number of β-amino-alcohol motifs (C(OH)–C–C–N with tert-alkyl or cyclic N) is 1. The summed E-state index contributed by atoms with van der Waals surface area (Å²) in [6, 6.07) is 0.603. The highest BCUT2D eigenvalue weighted by atomic mass is 16.3. The SMILES string of the molecule is CN(C)CC1CCCN1CC(O)CN. The molecule has 84 valence electrons. The summed E-state index contributed by atoms with van der Waals surface area (Å²) in [5, 5.41) is 9.49. The number of aliphatic hydroxyl groups is 1. The highest BCUT2D eigenvalue weighted by molar-refractivity contribution is 4.82. The zero-order valence-corrected chi connectivity index (χ0v) is 9.32. The Morgan fingerprint density at radius 1 is 1.57 bits per heavy atom. The lowest BCUT2D eigenvalue weighted by Crippen LogP contribution is -2.43. The Hall–Kier alpha value is -0.160. The minimum Gasteiger partial charge on any atom is -0.390 e. The Balaban J connectivity index is 2.35. The lowest BCUT2D eigenvalue weighted by atomic mass is 10.2. The van der Waals surface area contributed by atoms with E-state index in [1.807, 2.05) is 0 Å². The van der Waals surface area contributed by atoms with E-state index in [1.165, 1.54) is 12.8 Å². The Kier molecular flexibility index (Phi) is 4.81. The van der Waals surface area contributed by atoms with Crippen molar-refractivity contribution in [3.05, 3.63) is 0 Å². The van der Waals surface area contributed by atoms with E-state index in [0.29, 0.717) is 12.6 Å². The van der Waals surface area contributed by atoms with E-state index < -0.39 is 0 Å². The molecule has 4 heteroatoms. The number of nitrogens with two attached hydrogens (primary N) is 1. The van der Waals surface area contributed by atoms with Gasteiger partial charge in [0.05, 0.1) is 6.10 Å². The summed E-state index contributed by atoms with van der Waals surface area (Å²) >= 11 is 0. The average molecular weight is 201 g/mol. The van der Waals surface area contributed by atoms with Crippen molar-refractivity contribution >= 4 is 0 Å². The number of hydrogen-bond acceptors (Lipinski definition) is 4. The van der Waals surface area contributed by atoms with Crippen molar-refractivity contribution in [3.63, 3.8) is 0 Å². The molecule has 14 heavy (non-hydrogen) atoms. The molecule has 0 radical (unpaired) electrons. The maximum Gasteiger partial charge on any atom is 0.0789 e. The molecule has 0 amide bonds. The molecule has 4 nitrogen and oxygen atoms in total. The van der Waals surface area contributed by atoms with Crippen LogP contribution in [0.1, 0.15) is 12.8 Å². The lowest BCUT2D eigenvalue weighted by molar-refractivity contribution is 0.103. The molecule has 0 bridgehead atoms. The molecule has 0 aromatic heterocycles. The third-order valence-corrected chi connectivity index (χ3v) is 2.79. The van der Waals surface area contributed by atoms with Gasteiger partial charge in [-0.15, -0.1) is 0 Å². The highest BCUT2D eigenvalue weighted by Crippen LogP contribution is 2.17. The first-order valence-corrected chi connectivity index (χ1v) is 5.40. The van der Waals surface area contributed by atoms with E-state index >= 15 is 0 Å². The molecule has 0 saturated carbocycles. The quantitative estimate of drug-likeness (QED) is 0.619. The normalized spacial score (nSPS) is 25.9. The van der Waals surface area contributed by atoms with Crippen molar-refractivity contribution in [1.29, 1.82) is 0 Å². The van der Waals surface area contributed by atoms with Gasteiger partial charge in [-0.1, -0.05) is 0 Å². The summed E-state index contributed by atoms with van der Waals surface area (Å²) in [6.07, 6.45) is 2.13. The molecule has 1 aliphatic heterocycles. The van der Waals surface area contributed by atoms with Gasteiger partial charge >= 0.3 is 0 Å². The summed E-state index contributed by atoms with van der Waals surface area (Å²) in [5.74, 6) is 0. The molecular weight excluding hydrogens is 178 g/mol. The number of likely N-dealkylation sites (tertiary alicyclic amines) is 1. The lowest BCUT2D eigenvalue weighted by Gasteiger charge is -2.28. The molecule has 0 spiro atoms. The molecule has 1 aliphatic rings. The van der Waals surface area contributed by atoms with E-state index in [0.717, 1.165) is 19.6 Å². The van der Waals surface area contributed by atoms with Crippen molar-refractivity contribution in [1.82, 2.24) is 9.80 Å². The van der Waals surface area contributed by atoms with Crippen LogP contribution in [0.15, 0.2) is 0 Å². The maximum atomic E-state index is 9.49. The highest BCUT2D eigenvalue weighted by Gasteiger charge is 2.25. The zero-order valence-electron chi connectivity index (χ0n) is 9.32. The van der Waals surface area contributed by atoms with Crippen molar-refractivity contribution in [3.8, 4) is 0 Å². The Bertz CT molecular complexity index is 163. The standard InChI is InChI=1S/C10H23N3O/c1-12(2)7-9-4-3-5-13(9)8-10(14)6-11/h9-10,14H,3-8,11H2,1-2H3. The second-order valence-electron chi connectivity index (χ2n) is 4.44. The van der Waals surface area contributed by atoms with Gasteiger partial charge in [-0.05, 0) is 33.5 Å². The number of nitrogens with zero attached hydrogens (tertiary/aromatic N) is 2. The summed E-state index contributed by atoms with van der Waals surface area (Å²) in [7, 11) is 4.19. The van der Waals surface area contributed by atoms with Gasteiger partial charge in [0.1, 0.15) is 0 Å². The first kappa shape index (κ1) is 11.9. The van der Waals surface area contributed by atoms with Crippen LogP contribution < -0.4 is 5.73 Å². The molecule has 1 rings (SSSR count). The second-order valence-corrected chi connectivity index (χ2v) is 4.44. The molecule has 0 aromatic rings. The summed E-state index contributed by atoms with van der Waals surface area (Å²) < 4.78 is 0. The van der Waals surface area contributed by atoms with Crippen LogP contribution in [0.4, 0.5) is 0 Å². The van der Waals surface area contributed by atoms with Gasteiger partial charge < -0.3 is 15.7 Å². The van der Waals surface area contributed by atoms with Crippen LogP contribution in [0, 0.1) is 0 Å². The van der Waals surface area contributed by atoms with Gasteiger partial charge in [-0.2, -0.15) is 0 Å². The van der Waals surface area contributed by atoms with Crippen LogP contribution >= 0.6 is 0 Å². The molecular formula is C10H23N3O. The maximum absolute atomic E-state index is 9.49. The smallest absolute Gasteiger partial charge is 0.0789 e. The Morgan fingerprint density at radius 2 is 2.29 bits per heavy atom. The fourth-order valence-corrected chi connectivity index (χ4v) is 2.11. The predicted molar refractivity (Wildman–Crippen MR) is 58.2 cm³/mol. The van der Waals surface area contributed by atoms with E-state index in [4.69, 9.17) is 5.73 Å². The van der Waals surface area contributed by atoms with Gasteiger partial charge in [0.2, 0.25) is 0 Å². The number of likely N-dealkylation sites (N-methyl/N-ethyl adjacent to an activating group) is 1. The second kappa shape index (κ2) is 5.66. The molecule has 2 unspecified atom stereocenters. The van der Waals surface area contributed by atoms with E-state index in [1.54, 1.807) is 0 Å². The largest absolute Gasteiger partial charge is 0.390 e. The monoisotopic (exact) mass is 201 g/mol. The van der Waals surface area contributed by atoms with Crippen molar-refractivity contribution in [2.45, 2.75) is 25.0 Å². The number of rotatable bonds is 5. The average Bonchev–Trinajstić information content (AvgIpc) is 2.52. The Labute approximate surface area is 86.7 Å². The third kappa shape index (κ3) is 3.53. The zero-order chi connectivity index (χ0) is 10.6.